The van der Waals surface area contributed by atoms with Crippen molar-refractivity contribution in [3.8, 4) is 0 Å². The number of imidazole rings is 1. The van der Waals surface area contributed by atoms with Gasteiger partial charge in [0.15, 0.2) is 0 Å². The standard InChI is InChI=1S/C18H29N3/c1-14-10-19-18(21(14)11-15-8-9-15)16-12-20(13-16)17-6-4-2-3-5-7-17/h10,15-17H,2-9,11-13H2,1H3. The third-order valence-electron chi connectivity index (χ3n) is 5.84. The van der Waals surface area contributed by atoms with Crippen molar-refractivity contribution in [2.45, 2.75) is 76.8 Å². The van der Waals surface area contributed by atoms with Crippen molar-refractivity contribution in [1.82, 2.24) is 14.5 Å². The molecule has 0 N–H and O–H groups in total. The molecule has 0 amide bonds. The van der Waals surface area contributed by atoms with Crippen LogP contribution in [0.4, 0.5) is 0 Å². The maximum absolute atomic E-state index is 4.75. The Morgan fingerprint density at radius 1 is 1.05 bits per heavy atom. The molecule has 1 aliphatic heterocycles. The molecule has 0 spiro atoms. The number of hydrogen-bond acceptors (Lipinski definition) is 2. The predicted octanol–water partition coefficient (Wildman–Crippen LogP) is 3.72. The molecule has 4 rings (SSSR count). The summed E-state index contributed by atoms with van der Waals surface area (Å²) in [5.41, 5.74) is 1.37. The predicted molar refractivity (Wildman–Crippen MR) is 85.5 cm³/mol. The zero-order valence-electron chi connectivity index (χ0n) is 13.4. The Morgan fingerprint density at radius 2 is 1.76 bits per heavy atom. The number of likely N-dealkylation sites (tertiary alicyclic amines) is 1. The van der Waals surface area contributed by atoms with Crippen LogP contribution in [0.25, 0.3) is 0 Å². The van der Waals surface area contributed by atoms with Gasteiger partial charge >= 0.3 is 0 Å². The maximum Gasteiger partial charge on any atom is 0.114 e. The highest BCUT2D eigenvalue weighted by Crippen LogP contribution is 2.35. The van der Waals surface area contributed by atoms with Crippen molar-refractivity contribution in [3.05, 3.63) is 17.7 Å². The van der Waals surface area contributed by atoms with Gasteiger partial charge < -0.3 is 4.57 Å². The molecule has 3 aliphatic rings. The Balaban J connectivity index is 1.38. The molecular formula is C18H29N3. The van der Waals surface area contributed by atoms with Crippen molar-refractivity contribution >= 4 is 0 Å². The van der Waals surface area contributed by atoms with E-state index in [0.29, 0.717) is 5.92 Å². The Morgan fingerprint density at radius 3 is 2.43 bits per heavy atom. The Hall–Kier alpha value is -0.830. The van der Waals surface area contributed by atoms with Crippen LogP contribution in [0.2, 0.25) is 0 Å². The van der Waals surface area contributed by atoms with E-state index in [1.54, 1.807) is 0 Å². The third-order valence-corrected chi connectivity index (χ3v) is 5.84. The first kappa shape index (κ1) is 13.8. The molecule has 2 heterocycles. The molecule has 21 heavy (non-hydrogen) atoms. The van der Waals surface area contributed by atoms with Crippen LogP contribution in [0, 0.1) is 12.8 Å². The second kappa shape index (κ2) is 5.75. The van der Waals surface area contributed by atoms with Gasteiger partial charge in [-0.25, -0.2) is 4.98 Å². The summed E-state index contributed by atoms with van der Waals surface area (Å²) >= 11 is 0. The van der Waals surface area contributed by atoms with E-state index in [4.69, 9.17) is 4.98 Å². The lowest BCUT2D eigenvalue weighted by Crippen LogP contribution is -2.51. The van der Waals surface area contributed by atoms with Gasteiger partial charge in [-0.1, -0.05) is 25.7 Å². The summed E-state index contributed by atoms with van der Waals surface area (Å²) < 4.78 is 2.52. The zero-order chi connectivity index (χ0) is 14.2. The highest BCUT2D eigenvalue weighted by molar-refractivity contribution is 5.13. The Bertz CT molecular complexity index is 475. The molecule has 1 aromatic rings. The van der Waals surface area contributed by atoms with E-state index in [1.807, 2.05) is 0 Å². The van der Waals surface area contributed by atoms with E-state index in [1.165, 1.54) is 82.5 Å². The second-order valence-electron chi connectivity index (χ2n) is 7.61. The molecule has 116 valence electrons. The second-order valence-corrected chi connectivity index (χ2v) is 7.61. The molecule has 0 unspecified atom stereocenters. The van der Waals surface area contributed by atoms with Crippen LogP contribution in [0.1, 0.15) is 68.8 Å². The molecule has 1 saturated heterocycles. The average Bonchev–Trinajstić information content (AvgIpc) is 3.21. The van der Waals surface area contributed by atoms with E-state index >= 15 is 0 Å². The fourth-order valence-electron chi connectivity index (χ4n) is 4.20. The lowest BCUT2D eigenvalue weighted by molar-refractivity contribution is 0.0767. The number of aryl methyl sites for hydroxylation is 1. The van der Waals surface area contributed by atoms with Crippen LogP contribution in [-0.2, 0) is 6.54 Å². The molecule has 0 bridgehead atoms. The molecule has 0 aromatic carbocycles. The van der Waals surface area contributed by atoms with Gasteiger partial charge in [0.25, 0.3) is 0 Å². The maximum atomic E-state index is 4.75. The fraction of sp³-hybridized carbons (Fsp3) is 0.833. The summed E-state index contributed by atoms with van der Waals surface area (Å²) in [6, 6.07) is 0.872. The number of rotatable bonds is 4. The van der Waals surface area contributed by atoms with Crippen LogP contribution in [-0.4, -0.2) is 33.6 Å². The van der Waals surface area contributed by atoms with Crippen molar-refractivity contribution < 1.29 is 0 Å². The number of nitrogens with zero attached hydrogens (tertiary/aromatic N) is 3. The number of hydrogen-bond donors (Lipinski definition) is 0. The largest absolute Gasteiger partial charge is 0.332 e. The molecule has 3 heteroatoms. The quantitative estimate of drug-likeness (QED) is 0.787. The summed E-state index contributed by atoms with van der Waals surface area (Å²) in [5, 5.41) is 0. The van der Waals surface area contributed by atoms with Gasteiger partial charge in [-0.05, 0) is 38.5 Å². The molecular weight excluding hydrogens is 258 g/mol. The first-order valence-corrected chi connectivity index (χ1v) is 9.07. The molecule has 0 atom stereocenters. The van der Waals surface area contributed by atoms with Gasteiger partial charge in [0.05, 0.1) is 0 Å². The van der Waals surface area contributed by atoms with Gasteiger partial charge in [0.2, 0.25) is 0 Å². The van der Waals surface area contributed by atoms with Crippen LogP contribution >= 0.6 is 0 Å². The smallest absolute Gasteiger partial charge is 0.114 e. The van der Waals surface area contributed by atoms with Gasteiger partial charge in [-0.15, -0.1) is 0 Å². The van der Waals surface area contributed by atoms with Crippen LogP contribution < -0.4 is 0 Å². The van der Waals surface area contributed by atoms with Crippen LogP contribution in [0.15, 0.2) is 6.20 Å². The topological polar surface area (TPSA) is 21.1 Å². The van der Waals surface area contributed by atoms with E-state index in [-0.39, 0.29) is 0 Å². The molecule has 1 aromatic heterocycles. The van der Waals surface area contributed by atoms with Gasteiger partial charge in [-0.3, -0.25) is 4.90 Å². The zero-order valence-corrected chi connectivity index (χ0v) is 13.4. The monoisotopic (exact) mass is 287 g/mol. The van der Waals surface area contributed by atoms with E-state index < -0.39 is 0 Å². The molecule has 3 fully saturated rings. The average molecular weight is 287 g/mol. The highest BCUT2D eigenvalue weighted by Gasteiger charge is 2.36. The van der Waals surface area contributed by atoms with Crippen molar-refractivity contribution in [2.24, 2.45) is 5.92 Å². The molecule has 3 nitrogen and oxygen atoms in total. The summed E-state index contributed by atoms with van der Waals surface area (Å²) in [6.07, 6.45) is 13.6. The van der Waals surface area contributed by atoms with Crippen LogP contribution in [0.5, 0.6) is 0 Å². The first-order valence-electron chi connectivity index (χ1n) is 9.07. The minimum Gasteiger partial charge on any atom is -0.332 e. The van der Waals surface area contributed by atoms with Crippen molar-refractivity contribution in [2.75, 3.05) is 13.1 Å². The van der Waals surface area contributed by atoms with Crippen molar-refractivity contribution in [1.29, 1.82) is 0 Å². The highest BCUT2D eigenvalue weighted by atomic mass is 15.2. The van der Waals surface area contributed by atoms with Crippen molar-refractivity contribution in [3.63, 3.8) is 0 Å². The normalized spacial score (nSPS) is 25.8. The molecule has 2 aliphatic carbocycles. The van der Waals surface area contributed by atoms with Crippen LogP contribution in [0.3, 0.4) is 0 Å². The lowest BCUT2D eigenvalue weighted by atomic mass is 9.93. The van der Waals surface area contributed by atoms with E-state index in [0.717, 1.165) is 12.0 Å². The Kier molecular flexibility index (Phi) is 3.78. The first-order chi connectivity index (χ1) is 10.3. The van der Waals surface area contributed by atoms with E-state index in [2.05, 4.69) is 22.6 Å². The Labute approximate surface area is 128 Å². The number of aromatic nitrogens is 2. The SMILES string of the molecule is Cc1cnc(C2CN(C3CCCCCC3)C2)n1CC1CC1. The minimum atomic E-state index is 0.695. The van der Waals surface area contributed by atoms with E-state index in [9.17, 15) is 0 Å². The van der Waals surface area contributed by atoms with Gasteiger partial charge in [-0.2, -0.15) is 0 Å². The fourth-order valence-corrected chi connectivity index (χ4v) is 4.20. The summed E-state index contributed by atoms with van der Waals surface area (Å²) in [6.45, 7) is 5.96. The summed E-state index contributed by atoms with van der Waals surface area (Å²) in [5.74, 6) is 3.01. The van der Waals surface area contributed by atoms with Gasteiger partial charge in [0.1, 0.15) is 5.82 Å². The molecule has 0 radical (unpaired) electrons. The third kappa shape index (κ3) is 2.90. The van der Waals surface area contributed by atoms with Gasteiger partial charge in [0, 0.05) is 43.5 Å². The minimum absolute atomic E-state index is 0.695. The lowest BCUT2D eigenvalue weighted by Gasteiger charge is -2.44. The summed E-state index contributed by atoms with van der Waals surface area (Å²) in [4.78, 5) is 7.49. The molecule has 2 saturated carbocycles. The summed E-state index contributed by atoms with van der Waals surface area (Å²) in [7, 11) is 0.